The Morgan fingerprint density at radius 2 is 1.50 bits per heavy atom. The SMILES string of the molecule is c1ccc(COc2ccc(OCCOCCNC3CC3)cc2)cc1. The second-order valence-corrected chi connectivity index (χ2v) is 5.93. The summed E-state index contributed by atoms with van der Waals surface area (Å²) in [6.07, 6.45) is 2.63. The van der Waals surface area contributed by atoms with Crippen LogP contribution < -0.4 is 14.8 Å². The zero-order valence-corrected chi connectivity index (χ0v) is 13.9. The Hall–Kier alpha value is -2.04. The van der Waals surface area contributed by atoms with Crippen LogP contribution in [0.3, 0.4) is 0 Å². The van der Waals surface area contributed by atoms with Crippen LogP contribution in [0.2, 0.25) is 0 Å². The summed E-state index contributed by atoms with van der Waals surface area (Å²) in [6.45, 7) is 3.42. The predicted molar refractivity (Wildman–Crippen MR) is 94.6 cm³/mol. The van der Waals surface area contributed by atoms with Crippen molar-refractivity contribution in [3.63, 3.8) is 0 Å². The van der Waals surface area contributed by atoms with Gasteiger partial charge in [-0.05, 0) is 42.7 Å². The van der Waals surface area contributed by atoms with E-state index in [1.54, 1.807) is 0 Å². The first-order chi connectivity index (χ1) is 11.9. The average Bonchev–Trinajstić information content (AvgIpc) is 3.45. The van der Waals surface area contributed by atoms with Gasteiger partial charge < -0.3 is 19.5 Å². The van der Waals surface area contributed by atoms with Gasteiger partial charge in [-0.1, -0.05) is 30.3 Å². The fourth-order valence-corrected chi connectivity index (χ4v) is 2.32. The molecule has 0 aromatic heterocycles. The minimum atomic E-state index is 0.563. The largest absolute Gasteiger partial charge is 0.491 e. The van der Waals surface area contributed by atoms with Gasteiger partial charge in [0.2, 0.25) is 0 Å². The number of hydrogen-bond acceptors (Lipinski definition) is 4. The number of nitrogens with one attached hydrogen (secondary N) is 1. The summed E-state index contributed by atoms with van der Waals surface area (Å²) in [5.41, 5.74) is 1.16. The Bertz CT molecular complexity index is 582. The number of benzene rings is 2. The Labute approximate surface area is 143 Å². The molecule has 0 unspecified atom stereocenters. The topological polar surface area (TPSA) is 39.7 Å². The molecule has 1 N–H and O–H groups in total. The van der Waals surface area contributed by atoms with Crippen LogP contribution in [0, 0.1) is 0 Å². The lowest BCUT2D eigenvalue weighted by atomic mass is 10.2. The molecule has 0 spiro atoms. The summed E-state index contributed by atoms with van der Waals surface area (Å²) in [7, 11) is 0. The van der Waals surface area contributed by atoms with Crippen molar-refractivity contribution in [2.45, 2.75) is 25.5 Å². The van der Waals surface area contributed by atoms with Crippen LogP contribution in [0.5, 0.6) is 11.5 Å². The highest BCUT2D eigenvalue weighted by molar-refractivity contribution is 5.31. The lowest BCUT2D eigenvalue weighted by Crippen LogP contribution is -2.22. The van der Waals surface area contributed by atoms with E-state index in [0.717, 1.165) is 36.3 Å². The Morgan fingerprint density at radius 1 is 0.792 bits per heavy atom. The van der Waals surface area contributed by atoms with Crippen molar-refractivity contribution in [3.05, 3.63) is 60.2 Å². The zero-order chi connectivity index (χ0) is 16.5. The van der Waals surface area contributed by atoms with Gasteiger partial charge in [-0.2, -0.15) is 0 Å². The summed E-state index contributed by atoms with van der Waals surface area (Å²) in [6, 6.07) is 18.6. The zero-order valence-electron chi connectivity index (χ0n) is 13.9. The van der Waals surface area contributed by atoms with Crippen molar-refractivity contribution in [2.24, 2.45) is 0 Å². The summed E-state index contributed by atoms with van der Waals surface area (Å²) < 4.78 is 16.9. The van der Waals surface area contributed by atoms with Crippen molar-refractivity contribution >= 4 is 0 Å². The van der Waals surface area contributed by atoms with E-state index in [9.17, 15) is 0 Å². The molecule has 0 saturated heterocycles. The molecule has 0 radical (unpaired) electrons. The van der Waals surface area contributed by atoms with Crippen molar-refractivity contribution in [2.75, 3.05) is 26.4 Å². The molecule has 1 aliphatic rings. The van der Waals surface area contributed by atoms with E-state index in [4.69, 9.17) is 14.2 Å². The molecule has 0 aliphatic heterocycles. The molecule has 1 saturated carbocycles. The molecule has 1 aliphatic carbocycles. The Balaban J connectivity index is 1.28. The first-order valence-corrected chi connectivity index (χ1v) is 8.61. The monoisotopic (exact) mass is 327 g/mol. The van der Waals surface area contributed by atoms with Crippen LogP contribution in [-0.4, -0.2) is 32.4 Å². The first-order valence-electron chi connectivity index (χ1n) is 8.61. The molecule has 0 atom stereocenters. The number of rotatable bonds is 11. The van der Waals surface area contributed by atoms with Crippen LogP contribution in [-0.2, 0) is 11.3 Å². The quantitative estimate of drug-likeness (QED) is 0.642. The van der Waals surface area contributed by atoms with E-state index in [0.29, 0.717) is 19.8 Å². The predicted octanol–water partition coefficient (Wildman–Crippen LogP) is 3.41. The average molecular weight is 327 g/mol. The van der Waals surface area contributed by atoms with Gasteiger partial charge in [0.15, 0.2) is 0 Å². The van der Waals surface area contributed by atoms with E-state index in [-0.39, 0.29) is 0 Å². The molecule has 2 aromatic rings. The van der Waals surface area contributed by atoms with Gasteiger partial charge in [-0.15, -0.1) is 0 Å². The minimum absolute atomic E-state index is 0.563. The summed E-state index contributed by atoms with van der Waals surface area (Å²) in [4.78, 5) is 0. The van der Waals surface area contributed by atoms with E-state index in [1.165, 1.54) is 12.8 Å². The molecule has 0 heterocycles. The minimum Gasteiger partial charge on any atom is -0.491 e. The maximum atomic E-state index is 5.75. The van der Waals surface area contributed by atoms with Crippen LogP contribution in [0.4, 0.5) is 0 Å². The Morgan fingerprint density at radius 3 is 2.21 bits per heavy atom. The molecule has 2 aromatic carbocycles. The van der Waals surface area contributed by atoms with Gasteiger partial charge >= 0.3 is 0 Å². The molecule has 3 rings (SSSR count). The molecule has 4 heteroatoms. The van der Waals surface area contributed by atoms with Gasteiger partial charge in [-0.3, -0.25) is 0 Å². The third-order valence-electron chi connectivity index (χ3n) is 3.83. The molecule has 24 heavy (non-hydrogen) atoms. The van der Waals surface area contributed by atoms with Gasteiger partial charge in [0.1, 0.15) is 24.7 Å². The molecule has 0 amide bonds. The van der Waals surface area contributed by atoms with Crippen LogP contribution in [0.1, 0.15) is 18.4 Å². The molecule has 1 fully saturated rings. The van der Waals surface area contributed by atoms with Crippen molar-refractivity contribution in [3.8, 4) is 11.5 Å². The summed E-state index contributed by atoms with van der Waals surface area (Å²) in [5, 5.41) is 3.42. The molecule has 0 bridgehead atoms. The van der Waals surface area contributed by atoms with Gasteiger partial charge in [0.25, 0.3) is 0 Å². The maximum absolute atomic E-state index is 5.75. The van der Waals surface area contributed by atoms with Crippen LogP contribution in [0.15, 0.2) is 54.6 Å². The standard InChI is InChI=1S/C20H25NO3/c1-2-4-17(5-3-1)16-24-20-10-8-19(9-11-20)23-15-14-22-13-12-21-18-6-7-18/h1-5,8-11,18,21H,6-7,12-16H2. The van der Waals surface area contributed by atoms with Crippen LogP contribution >= 0.6 is 0 Å². The molecule has 128 valence electrons. The fourth-order valence-electron chi connectivity index (χ4n) is 2.32. The van der Waals surface area contributed by atoms with E-state index < -0.39 is 0 Å². The van der Waals surface area contributed by atoms with Crippen molar-refractivity contribution in [1.29, 1.82) is 0 Å². The number of hydrogen-bond donors (Lipinski definition) is 1. The highest BCUT2D eigenvalue weighted by atomic mass is 16.5. The van der Waals surface area contributed by atoms with E-state index in [1.807, 2.05) is 42.5 Å². The highest BCUT2D eigenvalue weighted by Gasteiger charge is 2.19. The first kappa shape index (κ1) is 16.8. The lowest BCUT2D eigenvalue weighted by Gasteiger charge is -2.09. The third-order valence-corrected chi connectivity index (χ3v) is 3.83. The fraction of sp³-hybridized carbons (Fsp3) is 0.400. The van der Waals surface area contributed by atoms with E-state index >= 15 is 0 Å². The molecular weight excluding hydrogens is 302 g/mol. The van der Waals surface area contributed by atoms with Gasteiger partial charge in [0, 0.05) is 12.6 Å². The second kappa shape index (κ2) is 9.30. The van der Waals surface area contributed by atoms with E-state index in [2.05, 4.69) is 17.4 Å². The summed E-state index contributed by atoms with van der Waals surface area (Å²) >= 11 is 0. The Kier molecular flexibility index (Phi) is 6.51. The van der Waals surface area contributed by atoms with Gasteiger partial charge in [0.05, 0.1) is 13.2 Å². The smallest absolute Gasteiger partial charge is 0.120 e. The van der Waals surface area contributed by atoms with Crippen molar-refractivity contribution in [1.82, 2.24) is 5.32 Å². The van der Waals surface area contributed by atoms with Crippen molar-refractivity contribution < 1.29 is 14.2 Å². The third kappa shape index (κ3) is 6.22. The maximum Gasteiger partial charge on any atom is 0.120 e. The molecular formula is C20H25NO3. The molecule has 4 nitrogen and oxygen atoms in total. The van der Waals surface area contributed by atoms with Crippen LogP contribution in [0.25, 0.3) is 0 Å². The lowest BCUT2D eigenvalue weighted by molar-refractivity contribution is 0.102. The van der Waals surface area contributed by atoms with Gasteiger partial charge in [-0.25, -0.2) is 0 Å². The number of ether oxygens (including phenoxy) is 3. The summed E-state index contributed by atoms with van der Waals surface area (Å²) in [5.74, 6) is 1.68. The second-order valence-electron chi connectivity index (χ2n) is 5.93. The normalized spacial score (nSPS) is 13.7. The highest BCUT2D eigenvalue weighted by Crippen LogP contribution is 2.19.